The van der Waals surface area contributed by atoms with E-state index in [2.05, 4.69) is 9.88 Å². The predicted octanol–water partition coefficient (Wildman–Crippen LogP) is 3.47. The number of hydrogen-bond acceptors (Lipinski definition) is 5. The molecule has 1 amide bonds. The summed E-state index contributed by atoms with van der Waals surface area (Å²) < 4.78 is 19.8. The number of carbonyl (C=O) groups excluding carboxylic acids is 1. The molecular weight excluding hydrogens is 401 g/mol. The third kappa shape index (κ3) is 3.60. The van der Waals surface area contributed by atoms with Crippen LogP contribution in [0.4, 0.5) is 14.9 Å². The van der Waals surface area contributed by atoms with Gasteiger partial charge in [-0.15, -0.1) is 0 Å². The minimum Gasteiger partial charge on any atom is -0.465 e. The lowest BCUT2D eigenvalue weighted by Crippen LogP contribution is -2.53. The number of nitrogens with zero attached hydrogens (tertiary/aromatic N) is 3. The van der Waals surface area contributed by atoms with Crippen molar-refractivity contribution in [3.05, 3.63) is 53.6 Å². The van der Waals surface area contributed by atoms with E-state index in [0.29, 0.717) is 44.0 Å². The van der Waals surface area contributed by atoms with E-state index >= 15 is 0 Å². The van der Waals surface area contributed by atoms with Crippen LogP contribution in [0.15, 0.2) is 36.4 Å². The minimum atomic E-state index is -1.11. The molecule has 7 nitrogen and oxygen atoms in total. The normalized spacial score (nSPS) is 21.5. The first-order chi connectivity index (χ1) is 14.6. The fourth-order valence-electron chi connectivity index (χ4n) is 4.48. The Morgan fingerprint density at radius 3 is 2.48 bits per heavy atom. The van der Waals surface area contributed by atoms with Gasteiger partial charge < -0.3 is 19.6 Å². The largest absolute Gasteiger partial charge is 0.465 e. The van der Waals surface area contributed by atoms with E-state index in [-0.39, 0.29) is 0 Å². The van der Waals surface area contributed by atoms with E-state index in [1.807, 2.05) is 39.0 Å². The summed E-state index contributed by atoms with van der Waals surface area (Å²) in [6.07, 6.45) is -0.558. The molecule has 1 N–H and O–H groups in total. The van der Waals surface area contributed by atoms with Crippen LogP contribution in [0.1, 0.15) is 32.0 Å². The lowest BCUT2D eigenvalue weighted by Gasteiger charge is -2.45. The third-order valence-corrected chi connectivity index (χ3v) is 6.41. The van der Waals surface area contributed by atoms with Crippen LogP contribution in [-0.2, 0) is 16.6 Å². The highest BCUT2D eigenvalue weighted by Gasteiger charge is 2.55. The predicted molar refractivity (Wildman–Crippen MR) is 113 cm³/mol. The molecule has 4 rings (SSSR count). The van der Waals surface area contributed by atoms with E-state index in [9.17, 15) is 14.0 Å². The molecule has 164 valence electrons. The maximum Gasteiger partial charge on any atom is 0.407 e. The molecule has 3 heterocycles. The number of amides is 1. The van der Waals surface area contributed by atoms with E-state index < -0.39 is 28.8 Å². The zero-order valence-electron chi connectivity index (χ0n) is 17.9. The molecule has 0 saturated carbocycles. The number of halogens is 1. The Morgan fingerprint density at radius 1 is 1.16 bits per heavy atom. The zero-order chi connectivity index (χ0) is 22.4. The van der Waals surface area contributed by atoms with Crippen LogP contribution in [0.2, 0.25) is 0 Å². The summed E-state index contributed by atoms with van der Waals surface area (Å²) in [6.45, 7) is 7.78. The maximum atomic E-state index is 13.9. The van der Waals surface area contributed by atoms with Crippen LogP contribution >= 0.6 is 0 Å². The van der Waals surface area contributed by atoms with Crippen molar-refractivity contribution in [1.82, 2.24) is 9.88 Å². The number of rotatable bonds is 2. The standard InChI is InChI=1S/C23H26FN3O4/c1-22(2,3)23(18-5-4-6-19(24)25-18)14-15-7-8-16(13-17(15)31-20(23)28)26-9-11-27(12-10-26)21(29)30/h4-8,13H,9-12,14H2,1-3H3,(H,29,30). The second-order valence-corrected chi connectivity index (χ2v) is 9.12. The quantitative estimate of drug-likeness (QED) is 0.449. The number of pyridine rings is 1. The molecule has 2 aromatic rings. The van der Waals surface area contributed by atoms with Gasteiger partial charge in [0.1, 0.15) is 11.2 Å². The van der Waals surface area contributed by atoms with E-state index in [4.69, 9.17) is 9.84 Å². The van der Waals surface area contributed by atoms with Gasteiger partial charge in [0, 0.05) is 37.9 Å². The number of aromatic nitrogens is 1. The van der Waals surface area contributed by atoms with Crippen LogP contribution in [0.5, 0.6) is 5.75 Å². The topological polar surface area (TPSA) is 83.0 Å². The molecule has 31 heavy (non-hydrogen) atoms. The minimum absolute atomic E-state index is 0.355. The monoisotopic (exact) mass is 427 g/mol. The number of benzene rings is 1. The average Bonchev–Trinajstić information content (AvgIpc) is 2.72. The molecule has 1 atom stereocenters. The smallest absolute Gasteiger partial charge is 0.407 e. The van der Waals surface area contributed by atoms with Gasteiger partial charge >= 0.3 is 12.1 Å². The van der Waals surface area contributed by atoms with Crippen LogP contribution in [0, 0.1) is 11.4 Å². The molecule has 0 radical (unpaired) electrons. The number of anilines is 1. The molecule has 1 aromatic carbocycles. The van der Waals surface area contributed by atoms with Crippen molar-refractivity contribution in [3.63, 3.8) is 0 Å². The fraction of sp³-hybridized carbons (Fsp3) is 0.435. The highest BCUT2D eigenvalue weighted by molar-refractivity contribution is 5.88. The lowest BCUT2D eigenvalue weighted by molar-refractivity contribution is -0.147. The summed E-state index contributed by atoms with van der Waals surface area (Å²) in [6, 6.07) is 10.2. The number of ether oxygens (including phenoxy) is 1. The van der Waals surface area contributed by atoms with Crippen molar-refractivity contribution in [1.29, 1.82) is 0 Å². The van der Waals surface area contributed by atoms with Crippen LogP contribution in [0.3, 0.4) is 0 Å². The lowest BCUT2D eigenvalue weighted by atomic mass is 9.60. The molecule has 1 saturated heterocycles. The summed E-state index contributed by atoms with van der Waals surface area (Å²) in [7, 11) is 0. The Morgan fingerprint density at radius 2 is 1.87 bits per heavy atom. The van der Waals surface area contributed by atoms with Crippen molar-refractivity contribution >= 4 is 17.7 Å². The van der Waals surface area contributed by atoms with Crippen LogP contribution in [-0.4, -0.2) is 53.2 Å². The number of esters is 1. The van der Waals surface area contributed by atoms with Crippen molar-refractivity contribution in [2.45, 2.75) is 32.6 Å². The molecule has 2 aliphatic heterocycles. The fourth-order valence-corrected chi connectivity index (χ4v) is 4.48. The molecule has 0 spiro atoms. The molecular formula is C23H26FN3O4. The summed E-state index contributed by atoms with van der Waals surface area (Å²) in [5.41, 5.74) is 0.423. The number of fused-ring (bicyclic) bond motifs is 1. The molecule has 1 fully saturated rings. The molecule has 2 aliphatic rings. The molecule has 8 heteroatoms. The van der Waals surface area contributed by atoms with E-state index in [0.717, 1.165) is 11.3 Å². The first kappa shape index (κ1) is 21.1. The van der Waals surface area contributed by atoms with Gasteiger partial charge in [-0.2, -0.15) is 4.39 Å². The van der Waals surface area contributed by atoms with Gasteiger partial charge in [0.2, 0.25) is 5.95 Å². The molecule has 1 aromatic heterocycles. The third-order valence-electron chi connectivity index (χ3n) is 6.41. The summed E-state index contributed by atoms with van der Waals surface area (Å²) in [5, 5.41) is 9.13. The van der Waals surface area contributed by atoms with E-state index in [1.165, 1.54) is 11.0 Å². The first-order valence-corrected chi connectivity index (χ1v) is 10.3. The molecule has 0 aliphatic carbocycles. The number of carboxylic acid groups (broad SMARTS) is 1. The van der Waals surface area contributed by atoms with Crippen molar-refractivity contribution < 1.29 is 23.8 Å². The van der Waals surface area contributed by atoms with Gasteiger partial charge in [-0.05, 0) is 35.6 Å². The van der Waals surface area contributed by atoms with Crippen LogP contribution < -0.4 is 9.64 Å². The van der Waals surface area contributed by atoms with Gasteiger partial charge in [-0.25, -0.2) is 9.78 Å². The second kappa shape index (κ2) is 7.51. The molecule has 1 unspecified atom stereocenters. The highest BCUT2D eigenvalue weighted by Crippen LogP contribution is 2.49. The van der Waals surface area contributed by atoms with E-state index in [1.54, 1.807) is 12.1 Å². The Balaban J connectivity index is 1.66. The summed E-state index contributed by atoms with van der Waals surface area (Å²) >= 11 is 0. The highest BCUT2D eigenvalue weighted by atomic mass is 19.1. The van der Waals surface area contributed by atoms with Gasteiger partial charge in [-0.3, -0.25) is 4.79 Å². The van der Waals surface area contributed by atoms with Crippen molar-refractivity contribution in [2.24, 2.45) is 5.41 Å². The van der Waals surface area contributed by atoms with Gasteiger partial charge in [0.15, 0.2) is 0 Å². The van der Waals surface area contributed by atoms with Crippen molar-refractivity contribution in [2.75, 3.05) is 31.1 Å². The first-order valence-electron chi connectivity index (χ1n) is 10.3. The second-order valence-electron chi connectivity index (χ2n) is 9.12. The van der Waals surface area contributed by atoms with Gasteiger partial charge in [0.05, 0.1) is 5.69 Å². The summed E-state index contributed by atoms with van der Waals surface area (Å²) in [5.74, 6) is -0.589. The van der Waals surface area contributed by atoms with Crippen molar-refractivity contribution in [3.8, 4) is 5.75 Å². The Labute approximate surface area is 180 Å². The SMILES string of the molecule is CC(C)(C)C1(c2cccc(F)n2)Cc2ccc(N3CCN(C(=O)O)CC3)cc2OC1=O. The van der Waals surface area contributed by atoms with Gasteiger partial charge in [-0.1, -0.05) is 32.9 Å². The maximum absolute atomic E-state index is 13.9. The average molecular weight is 427 g/mol. The summed E-state index contributed by atoms with van der Waals surface area (Å²) in [4.78, 5) is 32.0. The Kier molecular flexibility index (Phi) is 5.11. The molecule has 0 bridgehead atoms. The number of hydrogen-bond donors (Lipinski definition) is 1. The number of piperazine rings is 1. The number of carbonyl (C=O) groups is 2. The Bertz CT molecular complexity index is 1030. The Hall–Kier alpha value is -3.16. The zero-order valence-corrected chi connectivity index (χ0v) is 17.9. The van der Waals surface area contributed by atoms with Gasteiger partial charge in [0.25, 0.3) is 0 Å². The van der Waals surface area contributed by atoms with Crippen LogP contribution in [0.25, 0.3) is 0 Å².